The Morgan fingerprint density at radius 3 is 2.53 bits per heavy atom. The molecule has 182 valence electrons. The molecular weight excluding hydrogens is 474 g/mol. The highest BCUT2D eigenvalue weighted by Gasteiger charge is 2.24. The third kappa shape index (κ3) is 4.99. The molecule has 0 aliphatic heterocycles. The second-order valence-electron chi connectivity index (χ2n) is 8.50. The molecule has 0 fully saturated rings. The molecule has 5 aromatic rings. The fourth-order valence-electron chi connectivity index (χ4n) is 4.26. The van der Waals surface area contributed by atoms with Crippen LogP contribution in [0.2, 0.25) is 0 Å². The summed E-state index contributed by atoms with van der Waals surface area (Å²) in [4.78, 5) is 21.2. The van der Waals surface area contributed by atoms with E-state index in [0.29, 0.717) is 18.5 Å². The van der Waals surface area contributed by atoms with Crippen LogP contribution in [0.4, 0.5) is 0 Å². The molecule has 0 bridgehead atoms. The minimum absolute atomic E-state index is 0.0348. The monoisotopic (exact) mass is 499 g/mol. The average Bonchev–Trinajstić information content (AvgIpc) is 3.57. The molecule has 2 heterocycles. The summed E-state index contributed by atoms with van der Waals surface area (Å²) in [6, 6.07) is 21.4. The molecule has 0 aliphatic carbocycles. The Labute approximate surface area is 208 Å². The molecule has 3 aromatic carbocycles. The number of carbonyl (C=O) groups excluding carboxylic acids is 1. The van der Waals surface area contributed by atoms with Gasteiger partial charge < -0.3 is 14.9 Å². The fraction of sp³-hybridized carbons (Fsp3) is 0.111. The number of nitrogens with one attached hydrogen (secondary N) is 2. The Balaban J connectivity index is 1.37. The summed E-state index contributed by atoms with van der Waals surface area (Å²) < 4.78 is 24.9. The Kier molecular flexibility index (Phi) is 6.51. The van der Waals surface area contributed by atoms with Gasteiger partial charge in [-0.05, 0) is 41.8 Å². The quantitative estimate of drug-likeness (QED) is 0.267. The highest BCUT2D eigenvalue weighted by Crippen LogP contribution is 2.26. The first kappa shape index (κ1) is 23.7. The van der Waals surface area contributed by atoms with E-state index in [2.05, 4.69) is 15.3 Å². The van der Waals surface area contributed by atoms with Gasteiger partial charge >= 0.3 is 0 Å². The molecule has 36 heavy (non-hydrogen) atoms. The van der Waals surface area contributed by atoms with E-state index in [1.54, 1.807) is 30.9 Å². The number of rotatable bonds is 9. The van der Waals surface area contributed by atoms with Crippen LogP contribution in [0.3, 0.4) is 0 Å². The van der Waals surface area contributed by atoms with Gasteiger partial charge in [0.15, 0.2) is 5.78 Å². The summed E-state index contributed by atoms with van der Waals surface area (Å²) >= 11 is 0. The van der Waals surface area contributed by atoms with Gasteiger partial charge in [0.2, 0.25) is 10.0 Å². The summed E-state index contributed by atoms with van der Waals surface area (Å²) in [5.74, 6) is -0.0348. The SMILES string of the molecule is NS(=O)(=O)c1ccc(CCN[C@H](C(=O)c2c[nH]c3cc(-n4ccnc4)ccc23)c2ccccc2)cc1. The molecule has 1 atom stereocenters. The lowest BCUT2D eigenvalue weighted by Crippen LogP contribution is -2.30. The van der Waals surface area contributed by atoms with E-state index >= 15 is 0 Å². The van der Waals surface area contributed by atoms with Crippen LogP contribution in [0.25, 0.3) is 16.6 Å². The number of aromatic nitrogens is 3. The first-order chi connectivity index (χ1) is 17.4. The van der Waals surface area contributed by atoms with Crippen molar-refractivity contribution in [2.45, 2.75) is 17.4 Å². The van der Waals surface area contributed by atoms with Crippen molar-refractivity contribution in [2.75, 3.05) is 6.54 Å². The largest absolute Gasteiger partial charge is 0.360 e. The van der Waals surface area contributed by atoms with Crippen LogP contribution in [0.15, 0.2) is 103 Å². The van der Waals surface area contributed by atoms with Gasteiger partial charge in [0.25, 0.3) is 0 Å². The van der Waals surface area contributed by atoms with E-state index in [0.717, 1.165) is 27.7 Å². The molecule has 0 radical (unpaired) electrons. The predicted molar refractivity (Wildman–Crippen MR) is 138 cm³/mol. The lowest BCUT2D eigenvalue weighted by Gasteiger charge is -2.18. The number of nitrogens with two attached hydrogens (primary N) is 1. The van der Waals surface area contributed by atoms with Crippen LogP contribution in [0, 0.1) is 0 Å². The van der Waals surface area contributed by atoms with Crippen LogP contribution < -0.4 is 10.5 Å². The fourth-order valence-corrected chi connectivity index (χ4v) is 4.78. The Morgan fingerprint density at radius 1 is 1.06 bits per heavy atom. The van der Waals surface area contributed by atoms with Crippen LogP contribution in [-0.2, 0) is 16.4 Å². The molecule has 2 aromatic heterocycles. The van der Waals surface area contributed by atoms with E-state index < -0.39 is 16.1 Å². The second kappa shape index (κ2) is 9.90. The number of sulfonamides is 1. The van der Waals surface area contributed by atoms with Crippen molar-refractivity contribution in [3.05, 3.63) is 114 Å². The lowest BCUT2D eigenvalue weighted by molar-refractivity contribution is 0.0945. The number of H-pyrrole nitrogens is 1. The van der Waals surface area contributed by atoms with Gasteiger partial charge in [0.1, 0.15) is 0 Å². The molecular formula is C27H25N5O3S. The number of imidazole rings is 1. The zero-order valence-corrected chi connectivity index (χ0v) is 20.2. The zero-order chi connectivity index (χ0) is 25.1. The number of aromatic amines is 1. The smallest absolute Gasteiger partial charge is 0.238 e. The molecule has 0 saturated carbocycles. The average molecular weight is 500 g/mol. The molecule has 8 nitrogen and oxygen atoms in total. The van der Waals surface area contributed by atoms with Crippen molar-refractivity contribution in [3.8, 4) is 5.69 Å². The summed E-state index contributed by atoms with van der Waals surface area (Å²) in [7, 11) is -3.73. The molecule has 0 unspecified atom stereocenters. The number of benzene rings is 3. The summed E-state index contributed by atoms with van der Waals surface area (Å²) in [5, 5.41) is 9.43. The first-order valence-electron chi connectivity index (χ1n) is 11.4. The number of ketones is 1. The van der Waals surface area contributed by atoms with Crippen LogP contribution in [0.5, 0.6) is 0 Å². The number of hydrogen-bond acceptors (Lipinski definition) is 5. The maximum Gasteiger partial charge on any atom is 0.238 e. The van der Waals surface area contributed by atoms with Gasteiger partial charge in [-0.3, -0.25) is 4.79 Å². The second-order valence-corrected chi connectivity index (χ2v) is 10.1. The maximum atomic E-state index is 13.8. The third-order valence-corrected chi connectivity index (χ3v) is 7.07. The van der Waals surface area contributed by atoms with Crippen molar-refractivity contribution in [1.82, 2.24) is 19.9 Å². The van der Waals surface area contributed by atoms with E-state index in [9.17, 15) is 13.2 Å². The Morgan fingerprint density at radius 2 is 1.83 bits per heavy atom. The number of primary sulfonamides is 1. The third-order valence-electron chi connectivity index (χ3n) is 6.14. The molecule has 5 rings (SSSR count). The van der Waals surface area contributed by atoms with Gasteiger partial charge in [-0.1, -0.05) is 48.5 Å². The van der Waals surface area contributed by atoms with Crippen molar-refractivity contribution in [3.63, 3.8) is 0 Å². The zero-order valence-electron chi connectivity index (χ0n) is 19.3. The maximum absolute atomic E-state index is 13.8. The highest BCUT2D eigenvalue weighted by atomic mass is 32.2. The normalized spacial score (nSPS) is 12.6. The van der Waals surface area contributed by atoms with Crippen molar-refractivity contribution in [2.24, 2.45) is 5.14 Å². The molecule has 0 saturated heterocycles. The van der Waals surface area contributed by atoms with Gasteiger partial charge in [0, 0.05) is 47.3 Å². The highest BCUT2D eigenvalue weighted by molar-refractivity contribution is 7.89. The molecule has 4 N–H and O–H groups in total. The van der Waals surface area contributed by atoms with E-state index in [-0.39, 0.29) is 10.7 Å². The Hall–Kier alpha value is -4.05. The number of fused-ring (bicyclic) bond motifs is 1. The van der Waals surface area contributed by atoms with Crippen LogP contribution >= 0.6 is 0 Å². The number of carbonyl (C=O) groups is 1. The molecule has 9 heteroatoms. The minimum atomic E-state index is -3.73. The summed E-state index contributed by atoms with van der Waals surface area (Å²) in [6.07, 6.45) is 7.69. The summed E-state index contributed by atoms with van der Waals surface area (Å²) in [6.45, 7) is 0.521. The van der Waals surface area contributed by atoms with Crippen LogP contribution in [-0.4, -0.2) is 35.3 Å². The van der Waals surface area contributed by atoms with Crippen LogP contribution in [0.1, 0.15) is 27.5 Å². The van der Waals surface area contributed by atoms with Gasteiger partial charge in [0.05, 0.1) is 17.3 Å². The molecule has 0 spiro atoms. The summed E-state index contributed by atoms with van der Waals surface area (Å²) in [5.41, 5.74) is 4.24. The van der Waals surface area contributed by atoms with Gasteiger partial charge in [-0.25, -0.2) is 18.5 Å². The van der Waals surface area contributed by atoms with Crippen molar-refractivity contribution in [1.29, 1.82) is 0 Å². The van der Waals surface area contributed by atoms with Crippen molar-refractivity contribution < 1.29 is 13.2 Å². The van der Waals surface area contributed by atoms with Gasteiger partial charge in [-0.15, -0.1) is 0 Å². The lowest BCUT2D eigenvalue weighted by atomic mass is 9.96. The van der Waals surface area contributed by atoms with Crippen molar-refractivity contribution >= 4 is 26.7 Å². The van der Waals surface area contributed by atoms with Gasteiger partial charge in [-0.2, -0.15) is 0 Å². The topological polar surface area (TPSA) is 123 Å². The van der Waals surface area contributed by atoms with E-state index in [1.807, 2.05) is 59.3 Å². The Bertz CT molecular complexity index is 1590. The molecule has 0 amide bonds. The van der Waals surface area contributed by atoms with E-state index in [1.165, 1.54) is 12.1 Å². The first-order valence-corrected chi connectivity index (χ1v) is 13.0. The minimum Gasteiger partial charge on any atom is -0.360 e. The standard InChI is InChI=1S/C27H25N5O3S/c28-36(34,35)22-9-6-19(7-10-22)12-13-30-26(20-4-2-1-3-5-20)27(33)24-17-31-25-16-21(8-11-23(24)25)32-15-14-29-18-32/h1-11,14-18,26,30-31H,12-13H2,(H2,28,34,35)/t26-/m0/s1. The number of nitrogens with zero attached hydrogens (tertiary/aromatic N) is 2. The predicted octanol–water partition coefficient (Wildman–Crippen LogP) is 3.76. The molecule has 0 aliphatic rings. The van der Waals surface area contributed by atoms with E-state index in [4.69, 9.17) is 5.14 Å². The number of hydrogen-bond donors (Lipinski definition) is 3. The number of Topliss-reactive ketones (excluding diaryl/α,β-unsaturated/α-hetero) is 1.